The highest BCUT2D eigenvalue weighted by Gasteiger charge is 2.34. The van der Waals surface area contributed by atoms with Gasteiger partial charge in [0.25, 0.3) is 5.92 Å². The molecule has 0 aliphatic carbocycles. The van der Waals surface area contributed by atoms with Gasteiger partial charge in [0.15, 0.2) is 5.82 Å². The molecule has 4 heterocycles. The highest BCUT2D eigenvalue weighted by molar-refractivity contribution is 6.00. The second kappa shape index (κ2) is 14.1. The topological polar surface area (TPSA) is 101 Å². The molecule has 7 rings (SSSR count). The van der Waals surface area contributed by atoms with Gasteiger partial charge in [-0.3, -0.25) is 4.90 Å². The lowest BCUT2D eigenvalue weighted by Crippen LogP contribution is -2.43. The number of likely N-dealkylation sites (tertiary alicyclic amines) is 1. The molecule has 2 N–H and O–H groups in total. The first kappa shape index (κ1) is 31.1. The van der Waals surface area contributed by atoms with Crippen molar-refractivity contribution in [2.24, 2.45) is 0 Å². The molecule has 0 bridgehead atoms. The summed E-state index contributed by atoms with van der Waals surface area (Å²) in [5, 5.41) is 17.7. The first-order chi connectivity index (χ1) is 23.5. The van der Waals surface area contributed by atoms with Gasteiger partial charge in [0.05, 0.1) is 17.8 Å². The van der Waals surface area contributed by atoms with Crippen LogP contribution in [0.15, 0.2) is 109 Å². The van der Waals surface area contributed by atoms with Crippen molar-refractivity contribution in [1.29, 1.82) is 0 Å². The van der Waals surface area contributed by atoms with Gasteiger partial charge in [-0.25, -0.2) is 23.7 Å². The van der Waals surface area contributed by atoms with Crippen molar-refractivity contribution in [3.05, 3.63) is 109 Å². The summed E-state index contributed by atoms with van der Waals surface area (Å²) in [4.78, 5) is 15.3. The first-order valence-electron chi connectivity index (χ1n) is 16.0. The normalized spacial score (nSPS) is 14.5. The second-order valence-corrected chi connectivity index (χ2v) is 11.7. The summed E-state index contributed by atoms with van der Waals surface area (Å²) in [6.45, 7) is 1.71. The third kappa shape index (κ3) is 7.37. The molecule has 3 aromatic carbocycles. The average Bonchev–Trinajstić information content (AvgIpc) is 3.11. The van der Waals surface area contributed by atoms with E-state index in [2.05, 4.69) is 41.8 Å². The predicted molar refractivity (Wildman–Crippen MR) is 184 cm³/mol. The summed E-state index contributed by atoms with van der Waals surface area (Å²) in [6, 6.07) is 31.2. The van der Waals surface area contributed by atoms with Gasteiger partial charge in [0.2, 0.25) is 11.8 Å². The van der Waals surface area contributed by atoms with Crippen molar-refractivity contribution in [2.75, 3.05) is 36.8 Å². The molecular formula is C37H34F2N8O. The average molecular weight is 645 g/mol. The summed E-state index contributed by atoms with van der Waals surface area (Å²) in [6.07, 6.45) is 4.55. The minimum atomic E-state index is -2.59. The van der Waals surface area contributed by atoms with E-state index in [0.29, 0.717) is 67.1 Å². The van der Waals surface area contributed by atoms with E-state index in [1.54, 1.807) is 18.5 Å². The largest absolute Gasteiger partial charge is 0.438 e. The zero-order valence-electron chi connectivity index (χ0n) is 26.2. The quantitative estimate of drug-likeness (QED) is 0.135. The minimum Gasteiger partial charge on any atom is -0.438 e. The van der Waals surface area contributed by atoms with Gasteiger partial charge in [0, 0.05) is 53.9 Å². The number of nitrogens with one attached hydrogen (secondary N) is 2. The molecule has 1 fully saturated rings. The van der Waals surface area contributed by atoms with Crippen molar-refractivity contribution in [1.82, 2.24) is 30.0 Å². The summed E-state index contributed by atoms with van der Waals surface area (Å²) >= 11 is 0. The Kier molecular flexibility index (Phi) is 9.10. The number of benzene rings is 3. The van der Waals surface area contributed by atoms with Gasteiger partial charge in [0.1, 0.15) is 11.4 Å². The van der Waals surface area contributed by atoms with Crippen molar-refractivity contribution < 1.29 is 13.5 Å². The molecule has 0 amide bonds. The van der Waals surface area contributed by atoms with Crippen LogP contribution >= 0.6 is 0 Å². The number of alkyl halides is 2. The van der Waals surface area contributed by atoms with Crippen LogP contribution in [0.3, 0.4) is 0 Å². The van der Waals surface area contributed by atoms with E-state index in [1.807, 2.05) is 89.8 Å². The molecular weight excluding hydrogens is 610 g/mol. The van der Waals surface area contributed by atoms with Gasteiger partial charge >= 0.3 is 0 Å². The van der Waals surface area contributed by atoms with Crippen molar-refractivity contribution in [3.63, 3.8) is 0 Å². The Morgan fingerprint density at radius 1 is 0.812 bits per heavy atom. The number of hydrogen-bond donors (Lipinski definition) is 2. The number of rotatable bonds is 11. The number of nitrogens with zero attached hydrogens (tertiary/aromatic N) is 6. The molecule has 1 aliphatic heterocycles. The molecule has 11 heteroatoms. The van der Waals surface area contributed by atoms with Crippen molar-refractivity contribution in [2.45, 2.75) is 25.2 Å². The highest BCUT2D eigenvalue weighted by Crippen LogP contribution is 2.33. The van der Waals surface area contributed by atoms with Gasteiger partial charge in [-0.1, -0.05) is 54.6 Å². The predicted octanol–water partition coefficient (Wildman–Crippen LogP) is 8.22. The molecule has 0 saturated carbocycles. The molecule has 1 aliphatic rings. The van der Waals surface area contributed by atoms with Crippen LogP contribution in [0.25, 0.3) is 33.3 Å². The SMILES string of the molecule is FC1(F)CCCN(CCCNc2nccc(-c3cccnc3Oc3ccc(Nc4nnc(-c5ccccc5)c5ccccc45)cc3)n2)C1. The first-order valence-corrected chi connectivity index (χ1v) is 16.0. The number of aromatic nitrogens is 5. The fourth-order valence-corrected chi connectivity index (χ4v) is 5.86. The van der Waals surface area contributed by atoms with Gasteiger partial charge in [-0.15, -0.1) is 10.2 Å². The zero-order valence-corrected chi connectivity index (χ0v) is 26.2. The maximum atomic E-state index is 13.7. The number of anilines is 3. The Balaban J connectivity index is 1.01. The van der Waals surface area contributed by atoms with Crippen LogP contribution in [0.2, 0.25) is 0 Å². The molecule has 0 atom stereocenters. The Morgan fingerprint density at radius 2 is 1.62 bits per heavy atom. The molecule has 48 heavy (non-hydrogen) atoms. The molecule has 0 unspecified atom stereocenters. The summed E-state index contributed by atoms with van der Waals surface area (Å²) in [5.74, 6) is -0.471. The van der Waals surface area contributed by atoms with E-state index in [0.717, 1.165) is 27.7 Å². The molecule has 0 radical (unpaired) electrons. The number of ether oxygens (including phenoxy) is 1. The summed E-state index contributed by atoms with van der Waals surface area (Å²) in [5.41, 5.74) is 4.03. The molecule has 242 valence electrons. The standard InChI is InChI=1S/C37H34F2N8O/c38-37(39)19-7-23-47(25-37)24-8-21-41-36-42-22-18-32(44-36)31-13-6-20-40-35(31)48-28-16-14-27(15-17-28)43-34-30-12-5-4-11-29(30)33(45-46-34)26-9-2-1-3-10-26/h1-6,9-18,20,22H,7-8,19,21,23-25H2,(H,43,46)(H,41,42,44). The molecule has 0 spiro atoms. The fourth-order valence-electron chi connectivity index (χ4n) is 5.86. The van der Waals surface area contributed by atoms with Gasteiger partial charge < -0.3 is 15.4 Å². The number of fused-ring (bicyclic) bond motifs is 1. The van der Waals surface area contributed by atoms with Crippen LogP contribution in [0, 0.1) is 0 Å². The number of pyridine rings is 1. The second-order valence-electron chi connectivity index (χ2n) is 11.7. The van der Waals surface area contributed by atoms with Crippen LogP contribution in [0.5, 0.6) is 11.6 Å². The molecule has 3 aromatic heterocycles. The maximum absolute atomic E-state index is 13.7. The van der Waals surface area contributed by atoms with Crippen LogP contribution in [-0.4, -0.2) is 62.2 Å². The highest BCUT2D eigenvalue weighted by atomic mass is 19.3. The van der Waals surface area contributed by atoms with E-state index >= 15 is 0 Å². The number of piperidine rings is 1. The van der Waals surface area contributed by atoms with Crippen LogP contribution in [0.1, 0.15) is 19.3 Å². The minimum absolute atomic E-state index is 0.0248. The Morgan fingerprint density at radius 3 is 2.46 bits per heavy atom. The summed E-state index contributed by atoms with van der Waals surface area (Å²) < 4.78 is 33.6. The Bertz CT molecular complexity index is 1990. The van der Waals surface area contributed by atoms with Crippen LogP contribution < -0.4 is 15.4 Å². The van der Waals surface area contributed by atoms with Crippen molar-refractivity contribution in [3.8, 4) is 34.1 Å². The molecule has 1 saturated heterocycles. The van der Waals surface area contributed by atoms with E-state index < -0.39 is 5.92 Å². The smallest absolute Gasteiger partial charge is 0.260 e. The maximum Gasteiger partial charge on any atom is 0.260 e. The van der Waals surface area contributed by atoms with E-state index in [9.17, 15) is 8.78 Å². The van der Waals surface area contributed by atoms with Crippen molar-refractivity contribution >= 4 is 28.2 Å². The Hall–Kier alpha value is -5.55. The number of halogens is 2. The lowest BCUT2D eigenvalue weighted by molar-refractivity contribution is -0.0638. The van der Waals surface area contributed by atoms with E-state index in [4.69, 9.17) is 4.74 Å². The Labute approximate surface area is 277 Å². The monoisotopic (exact) mass is 644 g/mol. The molecule has 9 nitrogen and oxygen atoms in total. The third-order valence-electron chi connectivity index (χ3n) is 8.17. The lowest BCUT2D eigenvalue weighted by atomic mass is 10.0. The lowest BCUT2D eigenvalue weighted by Gasteiger charge is -2.32. The van der Waals surface area contributed by atoms with Crippen LogP contribution in [-0.2, 0) is 0 Å². The third-order valence-corrected chi connectivity index (χ3v) is 8.17. The fraction of sp³-hybridized carbons (Fsp3) is 0.216. The van der Waals surface area contributed by atoms with E-state index in [-0.39, 0.29) is 13.0 Å². The van der Waals surface area contributed by atoms with Gasteiger partial charge in [-0.2, -0.15) is 0 Å². The number of hydrogen-bond acceptors (Lipinski definition) is 9. The zero-order chi connectivity index (χ0) is 32.8. The van der Waals surface area contributed by atoms with Gasteiger partial charge in [-0.05, 0) is 61.9 Å². The summed E-state index contributed by atoms with van der Waals surface area (Å²) in [7, 11) is 0. The molecule has 6 aromatic rings. The van der Waals surface area contributed by atoms with Crippen LogP contribution in [0.4, 0.5) is 26.2 Å². The van der Waals surface area contributed by atoms with E-state index in [1.165, 1.54) is 0 Å².